The maximum Gasteiger partial charge on any atom is 0.254 e. The van der Waals surface area contributed by atoms with Gasteiger partial charge in [-0.1, -0.05) is 30.3 Å². The van der Waals surface area contributed by atoms with E-state index in [0.717, 1.165) is 10.4 Å². The Bertz CT molecular complexity index is 1140. The number of hydrogen-bond acceptors (Lipinski definition) is 5. The molecule has 1 amide bonds. The molecule has 3 rings (SSSR count). The van der Waals surface area contributed by atoms with Crippen LogP contribution in [0, 0.1) is 0 Å². The number of carbonyl (C=O) groups is 2. The number of carbonyl (C=O) groups excluding carboxylic acids is 2. The smallest absolute Gasteiger partial charge is 0.254 e. The average molecular weight is 457 g/mol. The minimum absolute atomic E-state index is 0.0615. The fourth-order valence-electron chi connectivity index (χ4n) is 3.00. The van der Waals surface area contributed by atoms with Crippen molar-refractivity contribution in [3.8, 4) is 0 Å². The molecule has 6 nitrogen and oxygen atoms in total. The molecule has 0 aliphatic carbocycles. The number of ketones is 1. The molecule has 1 aromatic heterocycles. The van der Waals surface area contributed by atoms with Gasteiger partial charge in [0.2, 0.25) is 10.0 Å². The van der Waals surface area contributed by atoms with Gasteiger partial charge in [0, 0.05) is 29.1 Å². The van der Waals surface area contributed by atoms with E-state index in [2.05, 4.69) is 4.72 Å². The van der Waals surface area contributed by atoms with E-state index in [4.69, 9.17) is 0 Å². The first kappa shape index (κ1) is 22.9. The average Bonchev–Trinajstić information content (AvgIpc) is 3.29. The Balaban J connectivity index is 1.63. The molecule has 8 heteroatoms. The van der Waals surface area contributed by atoms with Crippen molar-refractivity contribution >= 4 is 33.1 Å². The first-order valence-electron chi connectivity index (χ1n) is 9.81. The van der Waals surface area contributed by atoms with Crippen LogP contribution in [0.5, 0.6) is 0 Å². The van der Waals surface area contributed by atoms with E-state index >= 15 is 0 Å². The minimum atomic E-state index is -3.71. The molecule has 0 fully saturated rings. The lowest BCUT2D eigenvalue weighted by atomic mass is 10.1. The number of Topliss-reactive ketones (excluding diaryl/α,β-unsaturated/α-hetero) is 1. The van der Waals surface area contributed by atoms with E-state index in [9.17, 15) is 18.0 Å². The van der Waals surface area contributed by atoms with Gasteiger partial charge in [-0.15, -0.1) is 11.3 Å². The molecule has 0 bridgehead atoms. The third kappa shape index (κ3) is 5.88. The van der Waals surface area contributed by atoms with Crippen LogP contribution in [0.15, 0.2) is 70.9 Å². The van der Waals surface area contributed by atoms with Gasteiger partial charge < -0.3 is 4.90 Å². The third-order valence-electron chi connectivity index (χ3n) is 4.83. The quantitative estimate of drug-likeness (QED) is 0.492. The summed E-state index contributed by atoms with van der Waals surface area (Å²) in [4.78, 5) is 27.1. The van der Waals surface area contributed by atoms with Crippen LogP contribution in [-0.2, 0) is 23.1 Å². The van der Waals surface area contributed by atoms with Crippen LogP contribution >= 0.6 is 11.3 Å². The fourth-order valence-corrected chi connectivity index (χ4v) is 4.73. The number of nitrogens with zero attached hydrogens (tertiary/aromatic N) is 1. The lowest BCUT2D eigenvalue weighted by Crippen LogP contribution is -2.30. The molecular formula is C23H24N2O4S2. The summed E-state index contributed by atoms with van der Waals surface area (Å²) in [6, 6.07) is 16.7. The summed E-state index contributed by atoms with van der Waals surface area (Å²) in [5.74, 6) is -0.183. The van der Waals surface area contributed by atoms with Gasteiger partial charge in [-0.25, -0.2) is 13.1 Å². The van der Waals surface area contributed by atoms with Crippen molar-refractivity contribution in [1.82, 2.24) is 9.62 Å². The molecule has 0 unspecified atom stereocenters. The molecule has 0 atom stereocenters. The van der Waals surface area contributed by atoms with Gasteiger partial charge in [-0.05, 0) is 55.1 Å². The Hall–Kier alpha value is -2.81. The lowest BCUT2D eigenvalue weighted by Gasteiger charge is -2.20. The Labute approximate surface area is 186 Å². The molecule has 0 spiro atoms. The second kappa shape index (κ2) is 10.00. The Morgan fingerprint density at radius 3 is 2.16 bits per heavy atom. The number of benzene rings is 2. The molecule has 1 heterocycles. The van der Waals surface area contributed by atoms with E-state index in [0.29, 0.717) is 24.2 Å². The van der Waals surface area contributed by atoms with Gasteiger partial charge in [0.15, 0.2) is 5.78 Å². The second-order valence-corrected chi connectivity index (χ2v) is 9.80. The van der Waals surface area contributed by atoms with Crippen molar-refractivity contribution in [2.45, 2.75) is 31.8 Å². The molecule has 0 saturated carbocycles. The molecular weight excluding hydrogens is 432 g/mol. The standard InChI is InChI=1S/C23H24N2O4S2/c1-3-25(16-21-5-4-14-30-21)23(27)20-8-6-18(7-9-20)15-24-31(28,29)22-12-10-19(11-13-22)17(2)26/h4-14,24H,3,15-16H2,1-2H3. The lowest BCUT2D eigenvalue weighted by molar-refractivity contribution is 0.0754. The summed E-state index contributed by atoms with van der Waals surface area (Å²) < 4.78 is 27.5. The highest BCUT2D eigenvalue weighted by Gasteiger charge is 2.16. The number of amides is 1. The summed E-state index contributed by atoms with van der Waals surface area (Å²) in [6.07, 6.45) is 0. The van der Waals surface area contributed by atoms with E-state index in [1.54, 1.807) is 40.5 Å². The molecule has 0 aliphatic heterocycles. The van der Waals surface area contributed by atoms with Gasteiger partial charge in [-0.2, -0.15) is 0 Å². The zero-order chi connectivity index (χ0) is 22.4. The van der Waals surface area contributed by atoms with Crippen molar-refractivity contribution < 1.29 is 18.0 Å². The maximum atomic E-state index is 12.8. The summed E-state index contributed by atoms with van der Waals surface area (Å²) in [5.41, 5.74) is 1.76. The maximum absolute atomic E-state index is 12.8. The number of sulfonamides is 1. The van der Waals surface area contributed by atoms with E-state index in [1.807, 2.05) is 24.4 Å². The van der Waals surface area contributed by atoms with Crippen LogP contribution in [-0.4, -0.2) is 31.6 Å². The predicted molar refractivity (Wildman–Crippen MR) is 122 cm³/mol. The van der Waals surface area contributed by atoms with E-state index in [-0.39, 0.29) is 23.1 Å². The third-order valence-corrected chi connectivity index (χ3v) is 7.11. The number of thiophene rings is 1. The highest BCUT2D eigenvalue weighted by Crippen LogP contribution is 2.16. The van der Waals surface area contributed by atoms with Crippen molar-refractivity contribution in [1.29, 1.82) is 0 Å². The molecule has 3 aromatic rings. The van der Waals surface area contributed by atoms with E-state index < -0.39 is 10.0 Å². The SMILES string of the molecule is CCN(Cc1cccs1)C(=O)c1ccc(CNS(=O)(=O)c2ccc(C(C)=O)cc2)cc1. The topological polar surface area (TPSA) is 83.6 Å². The molecule has 31 heavy (non-hydrogen) atoms. The fraction of sp³-hybridized carbons (Fsp3) is 0.217. The van der Waals surface area contributed by atoms with Crippen LogP contribution in [0.2, 0.25) is 0 Å². The second-order valence-electron chi connectivity index (χ2n) is 7.00. The number of nitrogens with one attached hydrogen (secondary N) is 1. The summed E-state index contributed by atoms with van der Waals surface area (Å²) in [5, 5.41) is 1.99. The van der Waals surface area contributed by atoms with Gasteiger partial charge >= 0.3 is 0 Å². The van der Waals surface area contributed by atoms with Gasteiger partial charge in [0.25, 0.3) is 5.91 Å². The van der Waals surface area contributed by atoms with Crippen molar-refractivity contribution in [3.05, 3.63) is 87.6 Å². The normalized spacial score (nSPS) is 11.3. The Kier molecular flexibility index (Phi) is 7.37. The monoisotopic (exact) mass is 456 g/mol. The highest BCUT2D eigenvalue weighted by atomic mass is 32.2. The van der Waals surface area contributed by atoms with Crippen LogP contribution in [0.25, 0.3) is 0 Å². The minimum Gasteiger partial charge on any atom is -0.334 e. The predicted octanol–water partition coefficient (Wildman–Crippen LogP) is 4.09. The molecule has 2 aromatic carbocycles. The summed E-state index contributed by atoms with van der Waals surface area (Å²) >= 11 is 1.62. The van der Waals surface area contributed by atoms with Crippen LogP contribution in [0.1, 0.15) is 45.0 Å². The zero-order valence-electron chi connectivity index (χ0n) is 17.4. The Morgan fingerprint density at radius 1 is 0.968 bits per heavy atom. The van der Waals surface area contributed by atoms with Crippen molar-refractivity contribution in [2.75, 3.05) is 6.54 Å². The molecule has 0 aliphatic rings. The molecule has 1 N–H and O–H groups in total. The Morgan fingerprint density at radius 2 is 1.61 bits per heavy atom. The first-order chi connectivity index (χ1) is 14.8. The largest absolute Gasteiger partial charge is 0.334 e. The van der Waals surface area contributed by atoms with E-state index in [1.165, 1.54) is 31.2 Å². The summed E-state index contributed by atoms with van der Waals surface area (Å²) in [6.45, 7) is 4.63. The van der Waals surface area contributed by atoms with Crippen LogP contribution < -0.4 is 4.72 Å². The van der Waals surface area contributed by atoms with Gasteiger partial charge in [0.05, 0.1) is 11.4 Å². The summed E-state index contributed by atoms with van der Waals surface area (Å²) in [7, 11) is -3.71. The number of rotatable bonds is 9. The molecule has 0 radical (unpaired) electrons. The van der Waals surface area contributed by atoms with Crippen molar-refractivity contribution in [2.24, 2.45) is 0 Å². The zero-order valence-corrected chi connectivity index (χ0v) is 19.0. The highest BCUT2D eigenvalue weighted by molar-refractivity contribution is 7.89. The van der Waals surface area contributed by atoms with Gasteiger partial charge in [-0.3, -0.25) is 9.59 Å². The molecule has 162 valence electrons. The first-order valence-corrected chi connectivity index (χ1v) is 12.2. The van der Waals surface area contributed by atoms with Gasteiger partial charge in [0.1, 0.15) is 0 Å². The van der Waals surface area contributed by atoms with Crippen molar-refractivity contribution in [3.63, 3.8) is 0 Å². The number of hydrogen-bond donors (Lipinski definition) is 1. The van der Waals surface area contributed by atoms with Crippen LogP contribution in [0.4, 0.5) is 0 Å². The van der Waals surface area contributed by atoms with Crippen LogP contribution in [0.3, 0.4) is 0 Å². The molecule has 0 saturated heterocycles.